The van der Waals surface area contributed by atoms with Gasteiger partial charge in [0.2, 0.25) is 0 Å². The normalized spacial score (nSPS) is 35.4. The Morgan fingerprint density at radius 2 is 2.14 bits per heavy atom. The number of ether oxygens (including phenoxy) is 2. The molecule has 2 unspecified atom stereocenters. The van der Waals surface area contributed by atoms with Gasteiger partial charge in [-0.2, -0.15) is 0 Å². The topological polar surface area (TPSA) is 21.7 Å². The summed E-state index contributed by atoms with van der Waals surface area (Å²) in [6.07, 6.45) is 1.62. The van der Waals surface area contributed by atoms with Crippen molar-refractivity contribution in [3.63, 3.8) is 0 Å². The summed E-state index contributed by atoms with van der Waals surface area (Å²) in [4.78, 5) is 2.54. The van der Waals surface area contributed by atoms with Crippen LogP contribution < -0.4 is 0 Å². The maximum absolute atomic E-state index is 5.75. The number of nitrogens with zero attached hydrogens (tertiary/aromatic N) is 1. The summed E-state index contributed by atoms with van der Waals surface area (Å²) in [6.45, 7) is 9.39. The quantitative estimate of drug-likeness (QED) is 0.665. The smallest absolute Gasteiger partial charge is 0.0725 e. The summed E-state index contributed by atoms with van der Waals surface area (Å²) >= 11 is 0. The highest BCUT2D eigenvalue weighted by Gasteiger charge is 2.29. The van der Waals surface area contributed by atoms with Crippen molar-refractivity contribution in [2.75, 3.05) is 32.9 Å². The van der Waals surface area contributed by atoms with Crippen LogP contribution in [0.15, 0.2) is 0 Å². The summed E-state index contributed by atoms with van der Waals surface area (Å²) in [5, 5.41) is 0. The minimum absolute atomic E-state index is 0.421. The van der Waals surface area contributed by atoms with E-state index < -0.39 is 0 Å². The zero-order valence-corrected chi connectivity index (χ0v) is 9.24. The molecule has 3 nitrogen and oxygen atoms in total. The zero-order chi connectivity index (χ0) is 9.97. The van der Waals surface area contributed by atoms with E-state index in [9.17, 15) is 0 Å². The van der Waals surface area contributed by atoms with Crippen LogP contribution in [0.2, 0.25) is 0 Å². The Bertz CT molecular complexity index is 178. The van der Waals surface area contributed by atoms with Crippen LogP contribution in [0.3, 0.4) is 0 Å². The van der Waals surface area contributed by atoms with Crippen molar-refractivity contribution in [2.24, 2.45) is 5.92 Å². The Morgan fingerprint density at radius 1 is 1.29 bits per heavy atom. The van der Waals surface area contributed by atoms with E-state index >= 15 is 0 Å². The lowest BCUT2D eigenvalue weighted by Crippen LogP contribution is -2.49. The molecule has 2 saturated heterocycles. The number of morpholine rings is 1. The molecule has 0 bridgehead atoms. The maximum Gasteiger partial charge on any atom is 0.0725 e. The first-order valence-electron chi connectivity index (χ1n) is 5.71. The number of hydrogen-bond acceptors (Lipinski definition) is 3. The van der Waals surface area contributed by atoms with Crippen molar-refractivity contribution in [3.05, 3.63) is 0 Å². The van der Waals surface area contributed by atoms with Gasteiger partial charge < -0.3 is 9.47 Å². The lowest BCUT2D eigenvalue weighted by molar-refractivity contribution is -0.0636. The predicted octanol–water partition coefficient (Wildman–Crippen LogP) is 1.13. The molecule has 14 heavy (non-hydrogen) atoms. The molecule has 2 fully saturated rings. The Hall–Kier alpha value is -0.120. The van der Waals surface area contributed by atoms with Gasteiger partial charge in [0.1, 0.15) is 0 Å². The molecule has 2 atom stereocenters. The molecule has 2 aliphatic rings. The number of rotatable bonds is 2. The third-order valence-electron chi connectivity index (χ3n) is 3.29. The third kappa shape index (κ3) is 2.27. The van der Waals surface area contributed by atoms with Crippen LogP contribution in [-0.4, -0.2) is 50.0 Å². The van der Waals surface area contributed by atoms with Crippen LogP contribution in [0.1, 0.15) is 20.3 Å². The Labute approximate surface area is 86.4 Å². The van der Waals surface area contributed by atoms with E-state index in [1.54, 1.807) is 0 Å². The molecular weight excluding hydrogens is 178 g/mol. The minimum Gasteiger partial charge on any atom is -0.380 e. The molecule has 82 valence electrons. The lowest BCUT2D eigenvalue weighted by Gasteiger charge is -2.37. The molecular formula is C11H21NO2. The van der Waals surface area contributed by atoms with Gasteiger partial charge in [-0.3, -0.25) is 4.90 Å². The van der Waals surface area contributed by atoms with Crippen LogP contribution in [0.4, 0.5) is 0 Å². The third-order valence-corrected chi connectivity index (χ3v) is 3.29. The first kappa shape index (κ1) is 10.4. The summed E-state index contributed by atoms with van der Waals surface area (Å²) in [7, 11) is 0. The predicted molar refractivity (Wildman–Crippen MR) is 55.4 cm³/mol. The van der Waals surface area contributed by atoms with Gasteiger partial charge in [-0.25, -0.2) is 0 Å². The van der Waals surface area contributed by atoms with Crippen LogP contribution in [-0.2, 0) is 9.47 Å². The average molecular weight is 199 g/mol. The molecule has 0 saturated carbocycles. The van der Waals surface area contributed by atoms with Gasteiger partial charge in [0.05, 0.1) is 19.3 Å². The van der Waals surface area contributed by atoms with Crippen LogP contribution >= 0.6 is 0 Å². The summed E-state index contributed by atoms with van der Waals surface area (Å²) in [5.74, 6) is 0.625. The zero-order valence-electron chi connectivity index (χ0n) is 9.24. The fourth-order valence-corrected chi connectivity index (χ4v) is 2.24. The molecule has 0 radical (unpaired) electrons. The van der Waals surface area contributed by atoms with Gasteiger partial charge in [-0.05, 0) is 12.3 Å². The molecule has 0 N–H and O–H groups in total. The molecule has 0 aromatic rings. The van der Waals surface area contributed by atoms with Crippen LogP contribution in [0.25, 0.3) is 0 Å². The van der Waals surface area contributed by atoms with Crippen molar-refractivity contribution < 1.29 is 9.47 Å². The van der Waals surface area contributed by atoms with Gasteiger partial charge in [0.15, 0.2) is 0 Å². The van der Waals surface area contributed by atoms with Crippen LogP contribution in [0, 0.1) is 5.92 Å². The summed E-state index contributed by atoms with van der Waals surface area (Å²) in [5.41, 5.74) is 0. The van der Waals surface area contributed by atoms with Crippen molar-refractivity contribution in [2.45, 2.75) is 32.4 Å². The van der Waals surface area contributed by atoms with Gasteiger partial charge in [-0.1, -0.05) is 13.8 Å². The highest BCUT2D eigenvalue weighted by Crippen LogP contribution is 2.19. The Balaban J connectivity index is 1.86. The van der Waals surface area contributed by atoms with Crippen molar-refractivity contribution in [1.82, 2.24) is 4.90 Å². The molecule has 0 aromatic heterocycles. The highest BCUT2D eigenvalue weighted by molar-refractivity contribution is 4.81. The van der Waals surface area contributed by atoms with Crippen molar-refractivity contribution in [1.29, 1.82) is 0 Å². The van der Waals surface area contributed by atoms with Gasteiger partial charge in [0, 0.05) is 25.7 Å². The second-order valence-corrected chi connectivity index (χ2v) is 4.67. The van der Waals surface area contributed by atoms with E-state index in [-0.39, 0.29) is 0 Å². The second kappa shape index (κ2) is 4.60. The summed E-state index contributed by atoms with van der Waals surface area (Å²) in [6, 6.07) is 0.653. The Kier molecular flexibility index (Phi) is 3.42. The number of hydrogen-bond donors (Lipinski definition) is 0. The van der Waals surface area contributed by atoms with E-state index in [1.807, 2.05) is 0 Å². The van der Waals surface area contributed by atoms with Crippen molar-refractivity contribution >= 4 is 0 Å². The van der Waals surface area contributed by atoms with Crippen molar-refractivity contribution in [3.8, 4) is 0 Å². The average Bonchev–Trinajstić information content (AvgIpc) is 2.71. The van der Waals surface area contributed by atoms with Crippen LogP contribution in [0.5, 0.6) is 0 Å². The first-order valence-corrected chi connectivity index (χ1v) is 5.71. The van der Waals surface area contributed by atoms with E-state index in [4.69, 9.17) is 9.47 Å². The molecule has 0 aromatic carbocycles. The molecule has 0 aliphatic carbocycles. The fraction of sp³-hybridized carbons (Fsp3) is 1.00. The maximum atomic E-state index is 5.75. The molecule has 3 heteroatoms. The standard InChI is InChI=1S/C11H21NO2/c1-9(2)11-7-12(4-6-14-11)10-3-5-13-8-10/h9-11H,3-8H2,1-2H3. The monoisotopic (exact) mass is 199 g/mol. The minimum atomic E-state index is 0.421. The van der Waals surface area contributed by atoms with E-state index in [0.717, 1.165) is 32.9 Å². The summed E-state index contributed by atoms with van der Waals surface area (Å²) < 4.78 is 11.2. The molecule has 0 spiro atoms. The molecule has 2 heterocycles. The van der Waals surface area contributed by atoms with Gasteiger partial charge in [-0.15, -0.1) is 0 Å². The first-order chi connectivity index (χ1) is 6.77. The highest BCUT2D eigenvalue weighted by atomic mass is 16.5. The molecule has 0 amide bonds. The Morgan fingerprint density at radius 3 is 2.79 bits per heavy atom. The molecule has 2 rings (SSSR count). The van der Waals surface area contributed by atoms with Gasteiger partial charge in [0.25, 0.3) is 0 Å². The molecule has 2 aliphatic heterocycles. The SMILES string of the molecule is CC(C)C1CN(C2CCOC2)CCO1. The van der Waals surface area contributed by atoms with Gasteiger partial charge >= 0.3 is 0 Å². The van der Waals surface area contributed by atoms with E-state index in [2.05, 4.69) is 18.7 Å². The largest absolute Gasteiger partial charge is 0.380 e. The van der Waals surface area contributed by atoms with E-state index in [1.165, 1.54) is 6.42 Å². The second-order valence-electron chi connectivity index (χ2n) is 4.67. The fourth-order valence-electron chi connectivity index (χ4n) is 2.24. The van der Waals surface area contributed by atoms with E-state index in [0.29, 0.717) is 18.1 Å². The lowest BCUT2D eigenvalue weighted by atomic mass is 10.0.